The molecule has 2 atom stereocenters. The molecule has 1 saturated heterocycles. The summed E-state index contributed by atoms with van der Waals surface area (Å²) < 4.78 is 5.38. The molecular formula is C20H29N3O5S2. The minimum atomic E-state index is -0.996. The number of amides is 2. The number of hydrogen-bond acceptors (Lipinski definition) is 7. The van der Waals surface area contributed by atoms with Crippen molar-refractivity contribution in [1.82, 2.24) is 14.8 Å². The van der Waals surface area contributed by atoms with Crippen molar-refractivity contribution in [3.8, 4) is 0 Å². The second kappa shape index (κ2) is 10.9. The normalized spacial score (nSPS) is 16.7. The molecule has 2 rings (SSSR count). The molecule has 1 N–H and O–H groups in total. The fraction of sp³-hybridized carbons (Fsp3) is 0.600. The molecule has 1 aromatic rings. The Labute approximate surface area is 185 Å². The van der Waals surface area contributed by atoms with E-state index in [0.717, 1.165) is 5.03 Å². The van der Waals surface area contributed by atoms with Crippen LogP contribution in [-0.4, -0.2) is 75.4 Å². The van der Waals surface area contributed by atoms with Crippen LogP contribution in [0.25, 0.3) is 0 Å². The van der Waals surface area contributed by atoms with Gasteiger partial charge in [-0.25, -0.2) is 9.78 Å². The second-order valence-electron chi connectivity index (χ2n) is 8.06. The van der Waals surface area contributed by atoms with Crippen molar-refractivity contribution in [3.05, 3.63) is 24.4 Å². The number of rotatable bonds is 7. The monoisotopic (exact) mass is 455 g/mol. The van der Waals surface area contributed by atoms with E-state index in [-0.39, 0.29) is 5.91 Å². The highest BCUT2D eigenvalue weighted by atomic mass is 33.1. The number of pyridine rings is 1. The van der Waals surface area contributed by atoms with Gasteiger partial charge in [0.2, 0.25) is 5.91 Å². The van der Waals surface area contributed by atoms with Gasteiger partial charge in [-0.15, -0.1) is 0 Å². The minimum absolute atomic E-state index is 0.192. The lowest BCUT2D eigenvalue weighted by Crippen LogP contribution is -2.53. The Morgan fingerprint density at radius 1 is 1.17 bits per heavy atom. The van der Waals surface area contributed by atoms with Crippen LogP contribution < -0.4 is 0 Å². The number of nitrogens with zero attached hydrogens (tertiary/aromatic N) is 3. The highest BCUT2D eigenvalue weighted by Crippen LogP contribution is 2.33. The highest BCUT2D eigenvalue weighted by Gasteiger charge is 2.35. The smallest absolute Gasteiger partial charge is 0.410 e. The molecule has 1 aliphatic rings. The summed E-state index contributed by atoms with van der Waals surface area (Å²) in [7, 11) is 2.85. The van der Waals surface area contributed by atoms with Gasteiger partial charge in [-0.1, -0.05) is 23.8 Å². The number of carbonyl (C=O) groups excluding carboxylic acids is 2. The van der Waals surface area contributed by atoms with E-state index in [2.05, 4.69) is 4.98 Å². The van der Waals surface area contributed by atoms with Gasteiger partial charge in [0.15, 0.2) is 0 Å². The van der Waals surface area contributed by atoms with Crippen LogP contribution in [0.4, 0.5) is 4.79 Å². The summed E-state index contributed by atoms with van der Waals surface area (Å²) in [6.07, 6.45) is 1.29. The van der Waals surface area contributed by atoms with Crippen molar-refractivity contribution >= 4 is 39.6 Å². The molecule has 30 heavy (non-hydrogen) atoms. The SMILES string of the molecule is CC(C(=O)O)C(CSSc1ccccn1)C(=O)N1CCN(C(=O)OC(C)(C)C)CC1. The largest absolute Gasteiger partial charge is 0.481 e. The van der Waals surface area contributed by atoms with Gasteiger partial charge in [0, 0.05) is 38.1 Å². The zero-order valence-electron chi connectivity index (χ0n) is 17.7. The van der Waals surface area contributed by atoms with Crippen molar-refractivity contribution in [2.75, 3.05) is 31.9 Å². The van der Waals surface area contributed by atoms with E-state index in [1.54, 1.807) is 22.9 Å². The standard InChI is InChI=1S/C20H29N3O5S2/c1-14(18(25)26)15(13-29-30-16-7-5-6-8-21-16)17(24)22-9-11-23(12-10-22)19(27)28-20(2,3)4/h5-8,14-15H,9-13H2,1-4H3,(H,25,26). The van der Waals surface area contributed by atoms with Crippen LogP contribution in [0.3, 0.4) is 0 Å². The molecule has 2 amide bonds. The molecule has 2 heterocycles. The molecule has 0 spiro atoms. The second-order valence-corrected chi connectivity index (χ2v) is 10.4. The third-order valence-corrected chi connectivity index (χ3v) is 6.88. The first-order valence-electron chi connectivity index (χ1n) is 9.78. The average molecular weight is 456 g/mol. The number of carbonyl (C=O) groups is 3. The predicted octanol–water partition coefficient (Wildman–Crippen LogP) is 3.24. The molecule has 10 heteroatoms. The van der Waals surface area contributed by atoms with Gasteiger partial charge < -0.3 is 19.6 Å². The molecule has 166 valence electrons. The number of carboxylic acid groups (broad SMARTS) is 1. The van der Waals surface area contributed by atoms with E-state index >= 15 is 0 Å². The maximum Gasteiger partial charge on any atom is 0.410 e. The van der Waals surface area contributed by atoms with E-state index in [1.165, 1.54) is 21.6 Å². The lowest BCUT2D eigenvalue weighted by molar-refractivity contribution is -0.149. The van der Waals surface area contributed by atoms with Gasteiger partial charge >= 0.3 is 12.1 Å². The molecule has 0 aliphatic carbocycles. The zero-order valence-corrected chi connectivity index (χ0v) is 19.4. The van der Waals surface area contributed by atoms with Crippen LogP contribution in [0.2, 0.25) is 0 Å². The maximum absolute atomic E-state index is 13.1. The van der Waals surface area contributed by atoms with E-state index in [4.69, 9.17) is 4.74 Å². The van der Waals surface area contributed by atoms with Crippen molar-refractivity contribution in [3.63, 3.8) is 0 Å². The summed E-state index contributed by atoms with van der Waals surface area (Å²) in [5.41, 5.74) is -0.575. The van der Waals surface area contributed by atoms with Crippen LogP contribution in [0, 0.1) is 11.8 Å². The number of aromatic nitrogens is 1. The van der Waals surface area contributed by atoms with E-state index in [9.17, 15) is 19.5 Å². The number of ether oxygens (including phenoxy) is 1. The zero-order chi connectivity index (χ0) is 22.3. The van der Waals surface area contributed by atoms with Gasteiger partial charge in [0.1, 0.15) is 10.6 Å². The van der Waals surface area contributed by atoms with Crippen molar-refractivity contribution < 1.29 is 24.2 Å². The predicted molar refractivity (Wildman–Crippen MR) is 117 cm³/mol. The fourth-order valence-corrected chi connectivity index (χ4v) is 5.14. The number of piperazine rings is 1. The quantitative estimate of drug-likeness (QED) is 0.626. The Hall–Kier alpha value is -1.94. The van der Waals surface area contributed by atoms with E-state index in [1.807, 2.05) is 39.0 Å². The van der Waals surface area contributed by atoms with Crippen LogP contribution in [0.5, 0.6) is 0 Å². The summed E-state index contributed by atoms with van der Waals surface area (Å²) in [5.74, 6) is -2.29. The molecule has 1 fully saturated rings. The van der Waals surface area contributed by atoms with Crippen molar-refractivity contribution in [2.45, 2.75) is 38.3 Å². The molecule has 1 aliphatic heterocycles. The third-order valence-electron chi connectivity index (χ3n) is 4.58. The first-order chi connectivity index (χ1) is 14.1. The first kappa shape index (κ1) is 24.3. The summed E-state index contributed by atoms with van der Waals surface area (Å²) in [4.78, 5) is 44.3. The summed E-state index contributed by atoms with van der Waals surface area (Å²) in [6.45, 7) is 8.44. The number of aliphatic carboxylic acids is 1. The Morgan fingerprint density at radius 3 is 2.33 bits per heavy atom. The Balaban J connectivity index is 1.94. The van der Waals surface area contributed by atoms with Crippen LogP contribution in [-0.2, 0) is 14.3 Å². The summed E-state index contributed by atoms with van der Waals surface area (Å²) in [5, 5.41) is 10.3. The Morgan fingerprint density at radius 2 is 1.80 bits per heavy atom. The van der Waals surface area contributed by atoms with Gasteiger partial charge in [-0.3, -0.25) is 9.59 Å². The van der Waals surface area contributed by atoms with Gasteiger partial charge in [-0.2, -0.15) is 0 Å². The van der Waals surface area contributed by atoms with Crippen LogP contribution in [0.15, 0.2) is 29.4 Å². The molecule has 8 nitrogen and oxygen atoms in total. The lowest BCUT2D eigenvalue weighted by Gasteiger charge is -2.37. The van der Waals surface area contributed by atoms with Gasteiger partial charge in [0.05, 0.1) is 11.8 Å². The number of carboxylic acids is 1. The summed E-state index contributed by atoms with van der Waals surface area (Å²) in [6, 6.07) is 5.57. The molecule has 0 aromatic carbocycles. The Bertz CT molecular complexity index is 734. The Kier molecular flexibility index (Phi) is 8.84. The highest BCUT2D eigenvalue weighted by molar-refractivity contribution is 8.76. The van der Waals surface area contributed by atoms with Crippen molar-refractivity contribution in [2.24, 2.45) is 11.8 Å². The molecule has 0 bridgehead atoms. The fourth-order valence-electron chi connectivity index (χ4n) is 2.84. The molecule has 0 saturated carbocycles. The average Bonchev–Trinajstić information content (AvgIpc) is 2.70. The topological polar surface area (TPSA) is 100 Å². The molecular weight excluding hydrogens is 426 g/mol. The third kappa shape index (κ3) is 7.39. The lowest BCUT2D eigenvalue weighted by atomic mass is 9.94. The van der Waals surface area contributed by atoms with Gasteiger partial charge in [0.25, 0.3) is 0 Å². The first-order valence-corrected chi connectivity index (χ1v) is 12.1. The minimum Gasteiger partial charge on any atom is -0.481 e. The van der Waals surface area contributed by atoms with Crippen LogP contribution >= 0.6 is 21.6 Å². The maximum atomic E-state index is 13.1. The van der Waals surface area contributed by atoms with Crippen LogP contribution in [0.1, 0.15) is 27.7 Å². The van der Waals surface area contributed by atoms with E-state index in [0.29, 0.717) is 31.9 Å². The molecule has 1 aromatic heterocycles. The van der Waals surface area contributed by atoms with E-state index < -0.39 is 29.5 Å². The molecule has 2 unspecified atom stereocenters. The number of hydrogen-bond donors (Lipinski definition) is 1. The van der Waals surface area contributed by atoms with Gasteiger partial charge in [-0.05, 0) is 43.7 Å². The summed E-state index contributed by atoms with van der Waals surface area (Å²) >= 11 is 0. The van der Waals surface area contributed by atoms with Crippen molar-refractivity contribution in [1.29, 1.82) is 0 Å². The molecule has 0 radical (unpaired) electrons.